The molecule has 4 aromatic rings. The first-order chi connectivity index (χ1) is 16.2. The molecule has 0 aliphatic carbocycles. The highest BCUT2D eigenvalue weighted by Gasteiger charge is 2.23. The van der Waals surface area contributed by atoms with Crippen molar-refractivity contribution in [3.05, 3.63) is 89.0 Å². The molecule has 5 rings (SSSR count). The van der Waals surface area contributed by atoms with E-state index in [2.05, 4.69) is 10.00 Å². The molecule has 1 saturated heterocycles. The summed E-state index contributed by atoms with van der Waals surface area (Å²) in [6, 6.07) is 19.4. The Balaban J connectivity index is 0.00000274. The van der Waals surface area contributed by atoms with Crippen LogP contribution in [0.25, 0.3) is 16.6 Å². The van der Waals surface area contributed by atoms with E-state index in [0.717, 1.165) is 54.6 Å². The molecule has 178 valence electrons. The third-order valence-electron chi connectivity index (χ3n) is 6.35. The molecule has 8 heteroatoms. The van der Waals surface area contributed by atoms with Gasteiger partial charge in [0, 0.05) is 35.9 Å². The first kappa shape index (κ1) is 24.0. The summed E-state index contributed by atoms with van der Waals surface area (Å²) in [4.78, 5) is 15.1. The molecule has 0 radical (unpaired) electrons. The van der Waals surface area contributed by atoms with Gasteiger partial charge in [0.05, 0.1) is 24.9 Å². The molecule has 0 bridgehead atoms. The monoisotopic (exact) mass is 480 g/mol. The minimum atomic E-state index is -0.142. The second kappa shape index (κ2) is 10.9. The van der Waals surface area contributed by atoms with Gasteiger partial charge in [0.2, 0.25) is 0 Å². The molecule has 2 aromatic heterocycles. The summed E-state index contributed by atoms with van der Waals surface area (Å²) in [5.41, 5.74) is 2.74. The van der Waals surface area contributed by atoms with Crippen molar-refractivity contribution in [1.29, 1.82) is 0 Å². The fraction of sp³-hybridized carbons (Fsp3) is 0.308. The zero-order valence-electron chi connectivity index (χ0n) is 18.9. The summed E-state index contributed by atoms with van der Waals surface area (Å²) >= 11 is 0. The highest BCUT2D eigenvalue weighted by molar-refractivity contribution is 5.85. The van der Waals surface area contributed by atoms with E-state index in [1.807, 2.05) is 65.5 Å². The van der Waals surface area contributed by atoms with Crippen molar-refractivity contribution >= 4 is 23.3 Å². The topological polar surface area (TPSA) is 72.5 Å². The second-order valence-corrected chi connectivity index (χ2v) is 8.47. The van der Waals surface area contributed by atoms with E-state index in [1.165, 1.54) is 6.07 Å². The number of hydrogen-bond donors (Lipinski definition) is 1. The molecule has 34 heavy (non-hydrogen) atoms. The van der Waals surface area contributed by atoms with Crippen molar-refractivity contribution in [1.82, 2.24) is 19.2 Å². The largest absolute Gasteiger partial charge is 0.489 e. The van der Waals surface area contributed by atoms with Crippen LogP contribution in [0.1, 0.15) is 18.4 Å². The SMILES string of the molecule is Cl.O=c1cc(OCc2ccccc2)ccn1-c1ccc2c(cnn2CCN2CCC[C@H]2CO)c1. The van der Waals surface area contributed by atoms with Gasteiger partial charge in [-0.15, -0.1) is 12.4 Å². The first-order valence-electron chi connectivity index (χ1n) is 11.4. The van der Waals surface area contributed by atoms with E-state index in [-0.39, 0.29) is 30.6 Å². The smallest absolute Gasteiger partial charge is 0.258 e. The molecular weight excluding hydrogens is 452 g/mol. The number of halogens is 1. The third-order valence-corrected chi connectivity index (χ3v) is 6.35. The molecule has 0 saturated carbocycles. The van der Waals surface area contributed by atoms with Crippen LogP contribution in [0.5, 0.6) is 5.75 Å². The van der Waals surface area contributed by atoms with Crippen LogP contribution in [0.2, 0.25) is 0 Å². The summed E-state index contributed by atoms with van der Waals surface area (Å²) in [6.07, 6.45) is 5.79. The van der Waals surface area contributed by atoms with Gasteiger partial charge in [-0.3, -0.25) is 18.9 Å². The van der Waals surface area contributed by atoms with Crippen molar-refractivity contribution < 1.29 is 9.84 Å². The summed E-state index contributed by atoms with van der Waals surface area (Å²) in [5.74, 6) is 0.553. The van der Waals surface area contributed by atoms with Gasteiger partial charge in [-0.25, -0.2) is 0 Å². The predicted molar refractivity (Wildman–Crippen MR) is 135 cm³/mol. The Kier molecular flexibility index (Phi) is 7.67. The van der Waals surface area contributed by atoms with Gasteiger partial charge >= 0.3 is 0 Å². The molecular formula is C26H29ClN4O3. The molecule has 7 nitrogen and oxygen atoms in total. The fourth-order valence-electron chi connectivity index (χ4n) is 4.53. The Morgan fingerprint density at radius 1 is 1.06 bits per heavy atom. The normalized spacial score (nSPS) is 16.0. The number of aliphatic hydroxyl groups is 1. The fourth-order valence-corrected chi connectivity index (χ4v) is 4.53. The molecule has 1 aliphatic rings. The zero-order chi connectivity index (χ0) is 22.6. The molecule has 0 spiro atoms. The van der Waals surface area contributed by atoms with Gasteiger partial charge in [0.25, 0.3) is 5.56 Å². The number of benzene rings is 2. The quantitative estimate of drug-likeness (QED) is 0.417. The maximum Gasteiger partial charge on any atom is 0.258 e. The number of pyridine rings is 1. The van der Waals surface area contributed by atoms with Crippen LogP contribution in [0.3, 0.4) is 0 Å². The summed E-state index contributed by atoms with van der Waals surface area (Å²) in [6.45, 7) is 3.31. The van der Waals surface area contributed by atoms with Crippen LogP contribution >= 0.6 is 12.4 Å². The average molecular weight is 481 g/mol. The van der Waals surface area contributed by atoms with Crippen LogP contribution in [-0.4, -0.2) is 50.1 Å². The molecule has 1 N–H and O–H groups in total. The average Bonchev–Trinajstić information content (AvgIpc) is 3.48. The predicted octanol–water partition coefficient (Wildman–Crippen LogP) is 3.64. The van der Waals surface area contributed by atoms with Gasteiger partial charge < -0.3 is 9.84 Å². The summed E-state index contributed by atoms with van der Waals surface area (Å²) in [5, 5.41) is 15.1. The minimum absolute atomic E-state index is 0. The van der Waals surface area contributed by atoms with Crippen molar-refractivity contribution in [3.63, 3.8) is 0 Å². The number of aliphatic hydroxyl groups excluding tert-OH is 1. The number of rotatable bonds is 8. The van der Waals surface area contributed by atoms with Crippen LogP contribution in [0.15, 0.2) is 77.9 Å². The van der Waals surface area contributed by atoms with Crippen LogP contribution in [-0.2, 0) is 13.2 Å². The van der Waals surface area contributed by atoms with Gasteiger partial charge in [0.1, 0.15) is 12.4 Å². The van der Waals surface area contributed by atoms with E-state index >= 15 is 0 Å². The number of hydrogen-bond acceptors (Lipinski definition) is 5. The van der Waals surface area contributed by atoms with Crippen molar-refractivity contribution in [2.75, 3.05) is 19.7 Å². The maximum atomic E-state index is 12.7. The van der Waals surface area contributed by atoms with Gasteiger partial charge in [-0.05, 0) is 49.2 Å². The van der Waals surface area contributed by atoms with Crippen molar-refractivity contribution in [2.45, 2.75) is 32.0 Å². The van der Waals surface area contributed by atoms with E-state index in [0.29, 0.717) is 12.4 Å². The van der Waals surface area contributed by atoms with Gasteiger partial charge in [0.15, 0.2) is 0 Å². The van der Waals surface area contributed by atoms with Crippen molar-refractivity contribution in [2.24, 2.45) is 0 Å². The van der Waals surface area contributed by atoms with E-state index in [1.54, 1.807) is 10.8 Å². The number of likely N-dealkylation sites (tertiary alicyclic amines) is 1. The Morgan fingerprint density at radius 2 is 1.91 bits per heavy atom. The number of ether oxygens (including phenoxy) is 1. The third kappa shape index (κ3) is 5.17. The Labute approximate surface area is 204 Å². The second-order valence-electron chi connectivity index (χ2n) is 8.47. The lowest BCUT2D eigenvalue weighted by Crippen LogP contribution is -2.34. The van der Waals surface area contributed by atoms with E-state index in [4.69, 9.17) is 4.74 Å². The molecule has 0 amide bonds. The molecule has 1 fully saturated rings. The molecule has 1 aliphatic heterocycles. The van der Waals surface area contributed by atoms with E-state index in [9.17, 15) is 9.90 Å². The standard InChI is InChI=1S/C26H28N4O3.ClH/c31-18-23-7-4-11-28(23)13-14-30-25-9-8-22(15-21(25)17-27-30)29-12-10-24(16-26(29)32)33-19-20-5-2-1-3-6-20;/h1-3,5-6,8-10,12,15-17,23,31H,4,7,11,13-14,18-19H2;1H/t23-;/m0./s1. The molecule has 3 heterocycles. The maximum absolute atomic E-state index is 12.7. The van der Waals surface area contributed by atoms with Crippen LogP contribution < -0.4 is 10.3 Å². The molecule has 1 atom stereocenters. The Morgan fingerprint density at radius 3 is 2.71 bits per heavy atom. The van der Waals surface area contributed by atoms with Gasteiger partial charge in [-0.1, -0.05) is 30.3 Å². The van der Waals surface area contributed by atoms with Gasteiger partial charge in [-0.2, -0.15) is 5.10 Å². The first-order valence-corrected chi connectivity index (χ1v) is 11.4. The van der Waals surface area contributed by atoms with E-state index < -0.39 is 0 Å². The number of fused-ring (bicyclic) bond motifs is 1. The summed E-state index contributed by atoms with van der Waals surface area (Å²) < 4.78 is 9.38. The summed E-state index contributed by atoms with van der Waals surface area (Å²) in [7, 11) is 0. The van der Waals surface area contributed by atoms with Crippen LogP contribution in [0, 0.1) is 0 Å². The van der Waals surface area contributed by atoms with Crippen LogP contribution in [0.4, 0.5) is 0 Å². The zero-order valence-corrected chi connectivity index (χ0v) is 19.7. The number of nitrogens with zero attached hydrogens (tertiary/aromatic N) is 4. The van der Waals surface area contributed by atoms with Crippen molar-refractivity contribution in [3.8, 4) is 11.4 Å². The highest BCUT2D eigenvalue weighted by Crippen LogP contribution is 2.20. The lowest BCUT2D eigenvalue weighted by molar-refractivity contribution is 0.154. The Bertz CT molecular complexity index is 1290. The highest BCUT2D eigenvalue weighted by atomic mass is 35.5. The molecule has 0 unspecified atom stereocenters. The minimum Gasteiger partial charge on any atom is -0.489 e. The number of aromatic nitrogens is 3. The lowest BCUT2D eigenvalue weighted by Gasteiger charge is -2.22. The lowest BCUT2D eigenvalue weighted by atomic mass is 10.2. The molecule has 2 aromatic carbocycles. The Hall–Kier alpha value is -3.13.